The molecule has 0 amide bonds. The van der Waals surface area contributed by atoms with Crippen LogP contribution in [0.25, 0.3) is 0 Å². The van der Waals surface area contributed by atoms with Crippen LogP contribution in [-0.4, -0.2) is 24.8 Å². The number of aliphatic hydroxyl groups excluding tert-OH is 1. The summed E-state index contributed by atoms with van der Waals surface area (Å²) in [6.07, 6.45) is 5.58. The molecule has 0 bridgehead atoms. The van der Waals surface area contributed by atoms with Crippen LogP contribution in [-0.2, 0) is 9.53 Å². The standard InChI is InChI=1S/C6H14O.C4H8O2/c1-2-3-4-5-6-7;1-2-3-6-4-5/h7H,2-6H2,1H3;4H,2-3H2,1H3. The number of rotatable bonds is 7. The van der Waals surface area contributed by atoms with E-state index >= 15 is 0 Å². The topological polar surface area (TPSA) is 46.5 Å². The summed E-state index contributed by atoms with van der Waals surface area (Å²) in [5.41, 5.74) is 0. The number of ether oxygens (including phenoxy) is 1. The summed E-state index contributed by atoms with van der Waals surface area (Å²) in [5.74, 6) is 0. The summed E-state index contributed by atoms with van der Waals surface area (Å²) < 4.78 is 4.30. The monoisotopic (exact) mass is 190 g/mol. The molecule has 13 heavy (non-hydrogen) atoms. The lowest BCUT2D eigenvalue weighted by Gasteiger charge is -1.90. The van der Waals surface area contributed by atoms with Gasteiger partial charge in [-0.25, -0.2) is 0 Å². The molecule has 0 aromatic rings. The molecule has 0 aliphatic heterocycles. The molecule has 3 heteroatoms. The summed E-state index contributed by atoms with van der Waals surface area (Å²) in [7, 11) is 0. The van der Waals surface area contributed by atoms with Gasteiger partial charge in [0.2, 0.25) is 0 Å². The van der Waals surface area contributed by atoms with E-state index in [2.05, 4.69) is 11.7 Å². The van der Waals surface area contributed by atoms with Gasteiger partial charge in [-0.2, -0.15) is 0 Å². The van der Waals surface area contributed by atoms with Gasteiger partial charge in [0.1, 0.15) is 0 Å². The number of unbranched alkanes of at least 4 members (excludes halogenated alkanes) is 3. The number of aliphatic hydroxyl groups is 1. The van der Waals surface area contributed by atoms with Gasteiger partial charge >= 0.3 is 0 Å². The molecule has 3 nitrogen and oxygen atoms in total. The third-order valence-electron chi connectivity index (χ3n) is 1.40. The predicted octanol–water partition coefficient (Wildman–Crippen LogP) is 2.13. The van der Waals surface area contributed by atoms with Crippen molar-refractivity contribution in [1.29, 1.82) is 0 Å². The summed E-state index contributed by atoms with van der Waals surface area (Å²) in [4.78, 5) is 9.34. The predicted molar refractivity (Wildman–Crippen MR) is 53.5 cm³/mol. The molecule has 0 heterocycles. The average Bonchev–Trinajstić information content (AvgIpc) is 2.17. The molecule has 0 rings (SSSR count). The Morgan fingerprint density at radius 1 is 1.15 bits per heavy atom. The van der Waals surface area contributed by atoms with Crippen molar-refractivity contribution in [2.24, 2.45) is 0 Å². The minimum Gasteiger partial charge on any atom is -0.468 e. The lowest BCUT2D eigenvalue weighted by atomic mass is 10.2. The molecule has 0 saturated carbocycles. The van der Waals surface area contributed by atoms with E-state index in [1.807, 2.05) is 6.92 Å². The Balaban J connectivity index is 0. The van der Waals surface area contributed by atoms with Gasteiger partial charge < -0.3 is 9.84 Å². The third kappa shape index (κ3) is 24.6. The molecule has 0 saturated heterocycles. The smallest absolute Gasteiger partial charge is 0.293 e. The van der Waals surface area contributed by atoms with Gasteiger partial charge in [0.05, 0.1) is 6.61 Å². The molecule has 0 atom stereocenters. The van der Waals surface area contributed by atoms with Crippen molar-refractivity contribution < 1.29 is 14.6 Å². The lowest BCUT2D eigenvalue weighted by Crippen LogP contribution is -1.86. The second kappa shape index (κ2) is 17.5. The Hall–Kier alpha value is -0.570. The highest BCUT2D eigenvalue weighted by Crippen LogP contribution is 1.96. The summed E-state index contributed by atoms with van der Waals surface area (Å²) in [6, 6.07) is 0. The minimum atomic E-state index is 0.361. The largest absolute Gasteiger partial charge is 0.468 e. The zero-order valence-corrected chi connectivity index (χ0v) is 8.79. The van der Waals surface area contributed by atoms with Gasteiger partial charge in [-0.1, -0.05) is 33.1 Å². The van der Waals surface area contributed by atoms with Crippen LogP contribution >= 0.6 is 0 Å². The Kier molecular flexibility index (Phi) is 20.1. The second-order valence-electron chi connectivity index (χ2n) is 2.75. The van der Waals surface area contributed by atoms with E-state index in [1.165, 1.54) is 19.3 Å². The molecule has 0 aliphatic carbocycles. The maximum absolute atomic E-state index is 9.34. The summed E-state index contributed by atoms with van der Waals surface area (Å²) in [5, 5.41) is 8.29. The number of carbonyl (C=O) groups is 1. The van der Waals surface area contributed by atoms with E-state index < -0.39 is 0 Å². The van der Waals surface area contributed by atoms with E-state index in [4.69, 9.17) is 5.11 Å². The number of hydrogen-bond acceptors (Lipinski definition) is 3. The first kappa shape index (κ1) is 14.9. The third-order valence-corrected chi connectivity index (χ3v) is 1.40. The zero-order valence-electron chi connectivity index (χ0n) is 8.79. The number of carbonyl (C=O) groups excluding carboxylic acids is 1. The molecule has 0 aliphatic rings. The fourth-order valence-corrected chi connectivity index (χ4v) is 0.705. The van der Waals surface area contributed by atoms with Crippen LogP contribution in [0.1, 0.15) is 46.0 Å². The van der Waals surface area contributed by atoms with Crippen LogP contribution < -0.4 is 0 Å². The Morgan fingerprint density at radius 3 is 2.15 bits per heavy atom. The van der Waals surface area contributed by atoms with Crippen LogP contribution in [0, 0.1) is 0 Å². The van der Waals surface area contributed by atoms with Gasteiger partial charge in [0.25, 0.3) is 6.47 Å². The molecule has 0 spiro atoms. The Morgan fingerprint density at radius 2 is 1.85 bits per heavy atom. The van der Waals surface area contributed by atoms with Crippen molar-refractivity contribution in [2.75, 3.05) is 13.2 Å². The molecule has 0 aromatic carbocycles. The number of hydrogen-bond donors (Lipinski definition) is 1. The molecule has 0 aromatic heterocycles. The Labute approximate surface area is 81.1 Å². The molecule has 0 radical (unpaired) electrons. The maximum Gasteiger partial charge on any atom is 0.293 e. The first-order chi connectivity index (χ1) is 6.33. The lowest BCUT2D eigenvalue weighted by molar-refractivity contribution is -0.128. The van der Waals surface area contributed by atoms with Crippen molar-refractivity contribution in [3.05, 3.63) is 0 Å². The van der Waals surface area contributed by atoms with Gasteiger partial charge in [-0.05, 0) is 12.8 Å². The van der Waals surface area contributed by atoms with Gasteiger partial charge in [-0.15, -0.1) is 0 Å². The van der Waals surface area contributed by atoms with Gasteiger partial charge in [0, 0.05) is 6.61 Å². The normalized spacial score (nSPS) is 8.54. The fraction of sp³-hybridized carbons (Fsp3) is 0.900. The van der Waals surface area contributed by atoms with E-state index in [9.17, 15) is 4.79 Å². The SMILES string of the molecule is CCCCCCO.CCCOC=O. The van der Waals surface area contributed by atoms with Gasteiger partial charge in [0.15, 0.2) is 0 Å². The zero-order chi connectivity index (χ0) is 10.4. The quantitative estimate of drug-likeness (QED) is 0.494. The van der Waals surface area contributed by atoms with Crippen LogP contribution in [0.2, 0.25) is 0 Å². The molecule has 0 fully saturated rings. The van der Waals surface area contributed by atoms with E-state index in [0.717, 1.165) is 12.8 Å². The van der Waals surface area contributed by atoms with E-state index in [-0.39, 0.29) is 0 Å². The average molecular weight is 190 g/mol. The van der Waals surface area contributed by atoms with Crippen LogP contribution in [0.15, 0.2) is 0 Å². The van der Waals surface area contributed by atoms with E-state index in [0.29, 0.717) is 19.7 Å². The summed E-state index contributed by atoms with van der Waals surface area (Å²) >= 11 is 0. The molecule has 1 N–H and O–H groups in total. The summed E-state index contributed by atoms with van der Waals surface area (Å²) in [6.45, 7) is 5.48. The maximum atomic E-state index is 9.34. The van der Waals surface area contributed by atoms with Crippen molar-refractivity contribution in [3.8, 4) is 0 Å². The van der Waals surface area contributed by atoms with Crippen molar-refractivity contribution in [2.45, 2.75) is 46.0 Å². The molecular weight excluding hydrogens is 168 g/mol. The van der Waals surface area contributed by atoms with E-state index in [1.54, 1.807) is 0 Å². The van der Waals surface area contributed by atoms with Crippen LogP contribution in [0.5, 0.6) is 0 Å². The minimum absolute atomic E-state index is 0.361. The van der Waals surface area contributed by atoms with Crippen LogP contribution in [0.4, 0.5) is 0 Å². The van der Waals surface area contributed by atoms with Crippen molar-refractivity contribution in [1.82, 2.24) is 0 Å². The van der Waals surface area contributed by atoms with Crippen LogP contribution in [0.3, 0.4) is 0 Å². The molecule has 80 valence electrons. The van der Waals surface area contributed by atoms with Gasteiger partial charge in [-0.3, -0.25) is 4.79 Å². The highest BCUT2D eigenvalue weighted by Gasteiger charge is 1.80. The molecule has 0 unspecified atom stereocenters. The highest BCUT2D eigenvalue weighted by molar-refractivity contribution is 5.36. The molecular formula is C10H22O3. The fourth-order valence-electron chi connectivity index (χ4n) is 0.705. The highest BCUT2D eigenvalue weighted by atomic mass is 16.5. The first-order valence-electron chi connectivity index (χ1n) is 4.99. The first-order valence-corrected chi connectivity index (χ1v) is 4.99. The van der Waals surface area contributed by atoms with Crippen molar-refractivity contribution >= 4 is 6.47 Å². The Bertz CT molecular complexity index is 80.2. The second-order valence-corrected chi connectivity index (χ2v) is 2.75. The van der Waals surface area contributed by atoms with Crippen molar-refractivity contribution in [3.63, 3.8) is 0 Å².